The Morgan fingerprint density at radius 2 is 2.21 bits per heavy atom. The summed E-state index contributed by atoms with van der Waals surface area (Å²) in [6.07, 6.45) is 5.53. The first kappa shape index (κ1) is 9.44. The molecule has 1 aromatic rings. The third-order valence-corrected chi connectivity index (χ3v) is 3.19. The molecule has 1 heterocycles. The van der Waals surface area contributed by atoms with Crippen LogP contribution in [0.3, 0.4) is 0 Å². The van der Waals surface area contributed by atoms with Crippen LogP contribution in [-0.2, 0) is 6.54 Å². The largest absolute Gasteiger partial charge is 0.299 e. The number of hydrogen-bond acceptors (Lipinski definition) is 2. The van der Waals surface area contributed by atoms with E-state index in [1.807, 2.05) is 13.8 Å². The van der Waals surface area contributed by atoms with Gasteiger partial charge in [-0.1, -0.05) is 6.42 Å². The first-order chi connectivity index (χ1) is 6.68. The third kappa shape index (κ3) is 1.59. The van der Waals surface area contributed by atoms with Crippen LogP contribution in [0.1, 0.15) is 30.5 Å². The van der Waals surface area contributed by atoms with Crippen LogP contribution in [0.25, 0.3) is 0 Å². The SMILES string of the molecule is Cc1ncn(CC2CCC2)c(=O)c1C. The van der Waals surface area contributed by atoms with E-state index in [2.05, 4.69) is 4.98 Å². The molecule has 0 amide bonds. The zero-order valence-electron chi connectivity index (χ0n) is 8.79. The van der Waals surface area contributed by atoms with Crippen LogP contribution in [0, 0.1) is 19.8 Å². The lowest BCUT2D eigenvalue weighted by Crippen LogP contribution is -2.29. The van der Waals surface area contributed by atoms with Crippen LogP contribution in [0.4, 0.5) is 0 Å². The fourth-order valence-electron chi connectivity index (χ4n) is 1.76. The van der Waals surface area contributed by atoms with E-state index in [0.717, 1.165) is 17.8 Å². The average Bonchev–Trinajstić information content (AvgIpc) is 2.10. The zero-order chi connectivity index (χ0) is 10.1. The van der Waals surface area contributed by atoms with Gasteiger partial charge in [0, 0.05) is 17.8 Å². The third-order valence-electron chi connectivity index (χ3n) is 3.19. The fourth-order valence-corrected chi connectivity index (χ4v) is 1.76. The Labute approximate surface area is 83.8 Å². The molecule has 0 spiro atoms. The van der Waals surface area contributed by atoms with E-state index >= 15 is 0 Å². The van der Waals surface area contributed by atoms with Gasteiger partial charge in [0.25, 0.3) is 5.56 Å². The highest BCUT2D eigenvalue weighted by molar-refractivity contribution is 5.12. The van der Waals surface area contributed by atoms with Crippen LogP contribution in [-0.4, -0.2) is 9.55 Å². The average molecular weight is 192 g/mol. The number of aromatic nitrogens is 2. The molecule has 2 rings (SSSR count). The first-order valence-corrected chi connectivity index (χ1v) is 5.21. The summed E-state index contributed by atoms with van der Waals surface area (Å²) >= 11 is 0. The topological polar surface area (TPSA) is 34.9 Å². The molecule has 0 N–H and O–H groups in total. The van der Waals surface area contributed by atoms with Gasteiger partial charge in [-0.2, -0.15) is 0 Å². The second-order valence-corrected chi connectivity index (χ2v) is 4.21. The highest BCUT2D eigenvalue weighted by Crippen LogP contribution is 2.27. The van der Waals surface area contributed by atoms with Crippen LogP contribution in [0.15, 0.2) is 11.1 Å². The standard InChI is InChI=1S/C11H16N2O/c1-8-9(2)12-7-13(11(8)14)6-10-4-3-5-10/h7,10H,3-6H2,1-2H3. The summed E-state index contributed by atoms with van der Waals surface area (Å²) in [5.74, 6) is 0.705. The molecule has 3 nitrogen and oxygen atoms in total. The van der Waals surface area contributed by atoms with Gasteiger partial charge in [-0.25, -0.2) is 4.98 Å². The van der Waals surface area contributed by atoms with E-state index < -0.39 is 0 Å². The monoisotopic (exact) mass is 192 g/mol. The van der Waals surface area contributed by atoms with Crippen LogP contribution < -0.4 is 5.56 Å². The Balaban J connectivity index is 2.25. The smallest absolute Gasteiger partial charge is 0.256 e. The van der Waals surface area contributed by atoms with Gasteiger partial charge in [0.1, 0.15) is 0 Å². The van der Waals surface area contributed by atoms with Crippen LogP contribution >= 0.6 is 0 Å². The molecule has 1 aromatic heterocycles. The number of hydrogen-bond donors (Lipinski definition) is 0. The van der Waals surface area contributed by atoms with Crippen molar-refractivity contribution in [3.05, 3.63) is 27.9 Å². The zero-order valence-corrected chi connectivity index (χ0v) is 8.79. The van der Waals surface area contributed by atoms with Crippen molar-refractivity contribution in [3.63, 3.8) is 0 Å². The molecule has 0 aliphatic heterocycles. The van der Waals surface area contributed by atoms with Gasteiger partial charge < -0.3 is 0 Å². The molecule has 1 aliphatic carbocycles. The van der Waals surface area contributed by atoms with Crippen molar-refractivity contribution in [1.82, 2.24) is 9.55 Å². The van der Waals surface area contributed by atoms with E-state index in [1.54, 1.807) is 10.9 Å². The van der Waals surface area contributed by atoms with Crippen molar-refractivity contribution in [3.8, 4) is 0 Å². The minimum absolute atomic E-state index is 0.129. The van der Waals surface area contributed by atoms with Gasteiger partial charge in [-0.15, -0.1) is 0 Å². The minimum atomic E-state index is 0.129. The molecule has 0 aromatic carbocycles. The maximum atomic E-state index is 11.8. The van der Waals surface area contributed by atoms with Gasteiger partial charge in [-0.05, 0) is 32.6 Å². The number of aryl methyl sites for hydroxylation is 1. The summed E-state index contributed by atoms with van der Waals surface area (Å²) in [4.78, 5) is 16.0. The Hall–Kier alpha value is -1.12. The van der Waals surface area contributed by atoms with E-state index in [9.17, 15) is 4.79 Å². The second-order valence-electron chi connectivity index (χ2n) is 4.21. The quantitative estimate of drug-likeness (QED) is 0.714. The fraction of sp³-hybridized carbons (Fsp3) is 0.636. The Morgan fingerprint density at radius 1 is 1.50 bits per heavy atom. The maximum Gasteiger partial charge on any atom is 0.256 e. The molecule has 0 atom stereocenters. The molecule has 1 fully saturated rings. The minimum Gasteiger partial charge on any atom is -0.299 e. The van der Waals surface area contributed by atoms with Crippen molar-refractivity contribution >= 4 is 0 Å². The summed E-state index contributed by atoms with van der Waals surface area (Å²) in [6, 6.07) is 0. The van der Waals surface area contributed by atoms with Gasteiger partial charge in [0.05, 0.1) is 6.33 Å². The van der Waals surface area contributed by atoms with Gasteiger partial charge in [0.2, 0.25) is 0 Å². The summed E-state index contributed by atoms with van der Waals surface area (Å²) in [6.45, 7) is 4.58. The first-order valence-electron chi connectivity index (χ1n) is 5.21. The molecular formula is C11H16N2O. The Kier molecular flexibility index (Phi) is 2.40. The van der Waals surface area contributed by atoms with Crippen LogP contribution in [0.5, 0.6) is 0 Å². The molecule has 0 unspecified atom stereocenters. The molecule has 0 saturated heterocycles. The van der Waals surface area contributed by atoms with Gasteiger partial charge in [0.15, 0.2) is 0 Å². The molecule has 1 saturated carbocycles. The van der Waals surface area contributed by atoms with E-state index in [4.69, 9.17) is 0 Å². The molecular weight excluding hydrogens is 176 g/mol. The summed E-state index contributed by atoms with van der Waals surface area (Å²) < 4.78 is 1.76. The lowest BCUT2D eigenvalue weighted by Gasteiger charge is -2.25. The number of nitrogens with zero attached hydrogens (tertiary/aromatic N) is 2. The predicted octanol–water partition coefficient (Wildman–Crippen LogP) is 1.66. The lowest BCUT2D eigenvalue weighted by atomic mass is 9.85. The normalized spacial score (nSPS) is 16.7. The van der Waals surface area contributed by atoms with Crippen molar-refractivity contribution in [2.24, 2.45) is 5.92 Å². The molecule has 14 heavy (non-hydrogen) atoms. The highest BCUT2D eigenvalue weighted by Gasteiger charge is 2.18. The van der Waals surface area contributed by atoms with E-state index in [1.165, 1.54) is 19.3 Å². The molecule has 76 valence electrons. The lowest BCUT2D eigenvalue weighted by molar-refractivity contribution is 0.272. The molecule has 1 aliphatic rings. The molecule has 0 bridgehead atoms. The van der Waals surface area contributed by atoms with Crippen molar-refractivity contribution in [2.75, 3.05) is 0 Å². The Morgan fingerprint density at radius 3 is 2.79 bits per heavy atom. The van der Waals surface area contributed by atoms with Gasteiger partial charge >= 0.3 is 0 Å². The molecule has 0 radical (unpaired) electrons. The predicted molar refractivity (Wildman–Crippen MR) is 55.3 cm³/mol. The van der Waals surface area contributed by atoms with Crippen molar-refractivity contribution < 1.29 is 0 Å². The second kappa shape index (κ2) is 3.56. The van der Waals surface area contributed by atoms with Crippen LogP contribution in [0.2, 0.25) is 0 Å². The van der Waals surface area contributed by atoms with Crippen molar-refractivity contribution in [1.29, 1.82) is 0 Å². The summed E-state index contributed by atoms with van der Waals surface area (Å²) in [5.41, 5.74) is 1.76. The Bertz CT molecular complexity index is 391. The maximum absolute atomic E-state index is 11.8. The van der Waals surface area contributed by atoms with Crippen molar-refractivity contribution in [2.45, 2.75) is 39.7 Å². The summed E-state index contributed by atoms with van der Waals surface area (Å²) in [5, 5.41) is 0. The highest BCUT2D eigenvalue weighted by atomic mass is 16.1. The number of rotatable bonds is 2. The van der Waals surface area contributed by atoms with E-state index in [0.29, 0.717) is 5.92 Å². The van der Waals surface area contributed by atoms with Gasteiger partial charge in [-0.3, -0.25) is 9.36 Å². The molecule has 3 heteroatoms. The summed E-state index contributed by atoms with van der Waals surface area (Å²) in [7, 11) is 0. The van der Waals surface area contributed by atoms with E-state index in [-0.39, 0.29) is 5.56 Å².